The number of nitrogens with one attached hydrogen (secondary N) is 1. The molecule has 0 bridgehead atoms. The second kappa shape index (κ2) is 9.37. The van der Waals surface area contributed by atoms with E-state index in [1.807, 2.05) is 12.3 Å². The maximum Gasteiger partial charge on any atom is 0.160 e. The van der Waals surface area contributed by atoms with Crippen LogP contribution >= 0.6 is 0 Å². The first kappa shape index (κ1) is 23.9. The number of hydrogen-bond donors (Lipinski definition) is 1. The van der Waals surface area contributed by atoms with Gasteiger partial charge in [-0.25, -0.2) is 9.97 Å². The van der Waals surface area contributed by atoms with Gasteiger partial charge in [-0.1, -0.05) is 127 Å². The Hall–Kier alpha value is -5.80. The molecule has 3 heteroatoms. The number of benzene rings is 7. The molecule has 2 aromatic heterocycles. The molecule has 0 amide bonds. The van der Waals surface area contributed by atoms with Crippen molar-refractivity contribution in [3.63, 3.8) is 0 Å². The van der Waals surface area contributed by atoms with Crippen LogP contribution in [0.15, 0.2) is 146 Å². The molecule has 0 aliphatic rings. The fourth-order valence-corrected chi connectivity index (χ4v) is 6.82. The molecule has 0 fully saturated rings. The van der Waals surface area contributed by atoms with Crippen molar-refractivity contribution < 1.29 is 0 Å². The van der Waals surface area contributed by atoms with Gasteiger partial charge < -0.3 is 4.98 Å². The molecule has 0 radical (unpaired) electrons. The number of fused-ring (bicyclic) bond motifs is 9. The zero-order chi connectivity index (χ0) is 28.3. The van der Waals surface area contributed by atoms with E-state index < -0.39 is 0 Å². The average molecular weight is 548 g/mol. The molecule has 7 aromatic carbocycles. The number of rotatable bonds is 3. The summed E-state index contributed by atoms with van der Waals surface area (Å²) in [5, 5.41) is 9.98. The Bertz CT molecular complexity index is 2480. The highest BCUT2D eigenvalue weighted by Crippen LogP contribution is 2.42. The Morgan fingerprint density at radius 1 is 0.395 bits per heavy atom. The number of H-pyrrole nitrogens is 1. The normalized spacial score (nSPS) is 11.7. The molecule has 0 spiro atoms. The third kappa shape index (κ3) is 3.62. The molecule has 0 saturated heterocycles. The van der Waals surface area contributed by atoms with Crippen molar-refractivity contribution in [3.8, 4) is 33.8 Å². The van der Waals surface area contributed by atoms with E-state index in [9.17, 15) is 0 Å². The van der Waals surface area contributed by atoms with Crippen LogP contribution in [0.25, 0.3) is 87.9 Å². The van der Waals surface area contributed by atoms with E-state index in [4.69, 9.17) is 9.97 Å². The Balaban J connectivity index is 1.28. The number of hydrogen-bond acceptors (Lipinski definition) is 2. The molecule has 9 aromatic rings. The summed E-state index contributed by atoms with van der Waals surface area (Å²) in [7, 11) is 0. The van der Waals surface area contributed by atoms with Gasteiger partial charge >= 0.3 is 0 Å². The molecular formula is C40H25N3. The van der Waals surface area contributed by atoms with Gasteiger partial charge in [-0.15, -0.1) is 0 Å². The quantitative estimate of drug-likeness (QED) is 0.224. The van der Waals surface area contributed by atoms with E-state index in [0.717, 1.165) is 33.4 Å². The Morgan fingerprint density at radius 3 is 1.70 bits per heavy atom. The van der Waals surface area contributed by atoms with Crippen molar-refractivity contribution in [2.45, 2.75) is 0 Å². The molecular weight excluding hydrogens is 522 g/mol. The monoisotopic (exact) mass is 547 g/mol. The van der Waals surface area contributed by atoms with Gasteiger partial charge in [0.05, 0.1) is 11.2 Å². The number of aromatic nitrogens is 3. The molecule has 2 heterocycles. The molecule has 3 nitrogen and oxygen atoms in total. The number of aromatic amines is 1. The maximum absolute atomic E-state index is 5.18. The zero-order valence-corrected chi connectivity index (χ0v) is 23.3. The van der Waals surface area contributed by atoms with Crippen LogP contribution in [0.2, 0.25) is 0 Å². The summed E-state index contributed by atoms with van der Waals surface area (Å²) in [5.41, 5.74) is 7.49. The molecule has 0 aliphatic heterocycles. The number of para-hydroxylation sites is 2. The van der Waals surface area contributed by atoms with E-state index >= 15 is 0 Å². The minimum atomic E-state index is 0.711. The maximum atomic E-state index is 5.18. The van der Waals surface area contributed by atoms with Crippen LogP contribution in [-0.2, 0) is 0 Å². The van der Waals surface area contributed by atoms with Gasteiger partial charge in [-0.2, -0.15) is 0 Å². The predicted molar refractivity (Wildman–Crippen MR) is 180 cm³/mol. The van der Waals surface area contributed by atoms with Crippen LogP contribution in [-0.4, -0.2) is 15.0 Å². The fourth-order valence-electron chi connectivity index (χ4n) is 6.82. The minimum Gasteiger partial charge on any atom is -0.354 e. The van der Waals surface area contributed by atoms with Crippen molar-refractivity contribution in [2.75, 3.05) is 0 Å². The summed E-state index contributed by atoms with van der Waals surface area (Å²) in [4.78, 5) is 13.6. The van der Waals surface area contributed by atoms with Gasteiger partial charge in [0.25, 0.3) is 0 Å². The average Bonchev–Trinajstić information content (AvgIpc) is 3.47. The van der Waals surface area contributed by atoms with E-state index in [-0.39, 0.29) is 0 Å². The van der Waals surface area contributed by atoms with Crippen LogP contribution in [0.5, 0.6) is 0 Å². The van der Waals surface area contributed by atoms with Crippen LogP contribution in [0.1, 0.15) is 0 Å². The van der Waals surface area contributed by atoms with E-state index in [2.05, 4.69) is 138 Å². The van der Waals surface area contributed by atoms with Gasteiger partial charge in [0.2, 0.25) is 0 Å². The Kier molecular flexibility index (Phi) is 5.20. The van der Waals surface area contributed by atoms with Gasteiger partial charge in [-0.3, -0.25) is 0 Å². The smallest absolute Gasteiger partial charge is 0.160 e. The summed E-state index contributed by atoms with van der Waals surface area (Å²) in [6.45, 7) is 0. The van der Waals surface area contributed by atoms with Gasteiger partial charge in [0.1, 0.15) is 0 Å². The minimum absolute atomic E-state index is 0.711. The molecule has 0 saturated carbocycles. The van der Waals surface area contributed by atoms with Crippen molar-refractivity contribution in [1.82, 2.24) is 15.0 Å². The highest BCUT2D eigenvalue weighted by Gasteiger charge is 2.17. The SMILES string of the molecule is c1ccc(-c2cccc3c4ccccc4c4ccccc4c23)c(-c2nccc(-c3cccc4c3[nH]c3ccccc34)n2)c1. The number of nitrogens with zero attached hydrogens (tertiary/aromatic N) is 2. The van der Waals surface area contributed by atoms with Crippen molar-refractivity contribution in [1.29, 1.82) is 0 Å². The summed E-state index contributed by atoms with van der Waals surface area (Å²) in [6, 6.07) is 49.5. The van der Waals surface area contributed by atoms with Crippen molar-refractivity contribution >= 4 is 54.1 Å². The standard InChI is InChI=1S/C40H25N3/c1-2-12-27-25(11-1)26-13-3-5-16-30(26)38-31(27)18-9-19-32(38)28-14-4-6-17-34(28)40-41-24-23-37(43-40)35-21-10-20-33-29-15-7-8-22-36(29)42-39(33)35/h1-24,42H. The van der Waals surface area contributed by atoms with Crippen LogP contribution in [0.3, 0.4) is 0 Å². The van der Waals surface area contributed by atoms with E-state index in [1.54, 1.807) is 0 Å². The fraction of sp³-hybridized carbons (Fsp3) is 0. The molecule has 9 rings (SSSR count). The lowest BCUT2D eigenvalue weighted by atomic mass is 9.88. The summed E-state index contributed by atoms with van der Waals surface area (Å²) < 4.78 is 0. The third-order valence-corrected chi connectivity index (χ3v) is 8.70. The van der Waals surface area contributed by atoms with E-state index in [0.29, 0.717) is 5.82 Å². The first-order chi connectivity index (χ1) is 21.3. The summed E-state index contributed by atoms with van der Waals surface area (Å²) in [5.74, 6) is 0.711. The molecule has 0 atom stereocenters. The molecule has 200 valence electrons. The second-order valence-corrected chi connectivity index (χ2v) is 11.0. The topological polar surface area (TPSA) is 41.6 Å². The molecule has 1 N–H and O–H groups in total. The van der Waals surface area contributed by atoms with Crippen LogP contribution in [0.4, 0.5) is 0 Å². The van der Waals surface area contributed by atoms with Crippen molar-refractivity contribution in [3.05, 3.63) is 146 Å². The summed E-state index contributed by atoms with van der Waals surface area (Å²) in [6.07, 6.45) is 1.88. The molecule has 0 aliphatic carbocycles. The van der Waals surface area contributed by atoms with Gasteiger partial charge in [0, 0.05) is 33.6 Å². The lowest BCUT2D eigenvalue weighted by Gasteiger charge is -2.16. The van der Waals surface area contributed by atoms with Gasteiger partial charge in [0.15, 0.2) is 5.82 Å². The zero-order valence-electron chi connectivity index (χ0n) is 23.3. The Morgan fingerprint density at radius 2 is 0.930 bits per heavy atom. The summed E-state index contributed by atoms with van der Waals surface area (Å²) >= 11 is 0. The van der Waals surface area contributed by atoms with Gasteiger partial charge in [-0.05, 0) is 55.6 Å². The lowest BCUT2D eigenvalue weighted by Crippen LogP contribution is -1.95. The molecule has 43 heavy (non-hydrogen) atoms. The molecule has 0 unspecified atom stereocenters. The van der Waals surface area contributed by atoms with Crippen LogP contribution < -0.4 is 0 Å². The van der Waals surface area contributed by atoms with E-state index in [1.165, 1.54) is 48.7 Å². The predicted octanol–water partition coefficient (Wildman–Crippen LogP) is 10.6. The highest BCUT2D eigenvalue weighted by molar-refractivity contribution is 6.28. The highest BCUT2D eigenvalue weighted by atomic mass is 14.9. The van der Waals surface area contributed by atoms with Crippen molar-refractivity contribution in [2.24, 2.45) is 0 Å². The third-order valence-electron chi connectivity index (χ3n) is 8.70. The first-order valence-electron chi connectivity index (χ1n) is 14.6. The first-order valence-corrected chi connectivity index (χ1v) is 14.6. The largest absolute Gasteiger partial charge is 0.354 e. The van der Waals surface area contributed by atoms with Crippen LogP contribution in [0, 0.1) is 0 Å². The second-order valence-electron chi connectivity index (χ2n) is 11.0. The Labute approximate surface area is 248 Å². The lowest BCUT2D eigenvalue weighted by molar-refractivity contribution is 1.18.